The minimum atomic E-state index is -4.56. The average molecular weight is 1270 g/mol. The van der Waals surface area contributed by atoms with Crippen LogP contribution in [-0.2, 0) is 48.8 Å². The number of fused-ring (bicyclic) bond motifs is 4. The quantitative estimate of drug-likeness (QED) is 0.0164. The van der Waals surface area contributed by atoms with E-state index >= 15 is 0 Å². The second kappa shape index (κ2) is 26.6. The van der Waals surface area contributed by atoms with Crippen molar-refractivity contribution in [3.8, 4) is 17.7 Å². The van der Waals surface area contributed by atoms with Crippen LogP contribution in [0.15, 0.2) is 94.3 Å². The lowest BCUT2D eigenvalue weighted by Gasteiger charge is -2.46. The van der Waals surface area contributed by atoms with E-state index in [1.165, 1.54) is 24.5 Å². The largest absolute Gasteiger partial charge is 0.490 e. The topological polar surface area (TPSA) is 359 Å². The highest BCUT2D eigenvalue weighted by Gasteiger charge is 2.44. The van der Waals surface area contributed by atoms with Crippen LogP contribution in [0.2, 0.25) is 0 Å². The molecule has 5 unspecified atom stereocenters. The number of hydrogen-bond acceptors (Lipinski definition) is 20. The third-order valence-corrected chi connectivity index (χ3v) is 17.3. The first-order valence-electron chi connectivity index (χ1n) is 28.5. The average Bonchev–Trinajstić information content (AvgIpc) is 0.888. The predicted molar refractivity (Wildman–Crippen MR) is 327 cm³/mol. The van der Waals surface area contributed by atoms with E-state index < -0.39 is 83.8 Å². The number of aromatic carboxylic acids is 1. The molecular formula is C60H71N9O16S3. The second-order valence-electron chi connectivity index (χ2n) is 23.2. The fourth-order valence-electron chi connectivity index (χ4n) is 11.9. The highest BCUT2D eigenvalue weighted by Crippen LogP contribution is 2.47. The van der Waals surface area contributed by atoms with Gasteiger partial charge in [0.05, 0.1) is 46.9 Å². The fraction of sp³-hybridized carbons (Fsp3) is 0.450. The van der Waals surface area contributed by atoms with Crippen molar-refractivity contribution in [1.29, 1.82) is 0 Å². The van der Waals surface area contributed by atoms with Gasteiger partial charge in [0.15, 0.2) is 0 Å². The Kier molecular flexibility index (Phi) is 19.6. The van der Waals surface area contributed by atoms with Gasteiger partial charge in [0, 0.05) is 95.1 Å². The minimum absolute atomic E-state index is 0.0103. The van der Waals surface area contributed by atoms with Gasteiger partial charge in [-0.15, -0.1) is 12.6 Å². The molecule has 5 heterocycles. The van der Waals surface area contributed by atoms with Crippen molar-refractivity contribution in [3.63, 3.8) is 0 Å². The number of nitrogen functional groups attached to an aromatic ring is 1. The molecule has 9 N–H and O–H groups in total. The molecule has 2 aliphatic carbocycles. The van der Waals surface area contributed by atoms with Crippen LogP contribution < -0.4 is 47.2 Å². The molecule has 5 atom stereocenters. The van der Waals surface area contributed by atoms with Crippen LogP contribution in [0.5, 0.6) is 5.75 Å². The van der Waals surface area contributed by atoms with Gasteiger partial charge in [-0.05, 0) is 113 Å². The second-order valence-corrected chi connectivity index (χ2v) is 26.7. The van der Waals surface area contributed by atoms with Gasteiger partial charge in [-0.2, -0.15) is 16.8 Å². The Morgan fingerprint density at radius 3 is 2.48 bits per heavy atom. The standard InChI is InChI=1S/C60H71N9O16S3/c1-7-50(81-6)69-27-35(52-54(61)65-32-66-55(52)69)13-14-62-49(70)28-82-17-18-83-51(86)29-84-38-10-8-9-33(19-38)56(71)63-15-16-64-57(72)34-11-12-39(58(73)74)42(20-34)53-43-21-40-36(30-87(75,76)77)25-59(2,3)67-45(40)23-47(43)85-48-24-46-41(22-44(48)53)37(31-88(78,79)80)26-60(4,5)68-46/h10-12,19-21,23-25,32,35,37,41,50-51,68,86H,7-9,15-18,22,26-31H2,1-6H3,(H,62,70)(H,63,71)(H,64,72)(H,73,74)(H2,61,65,66)(H,75,76,77)(H,78,79,80). The van der Waals surface area contributed by atoms with Crippen LogP contribution in [0.1, 0.15) is 110 Å². The molecule has 470 valence electrons. The van der Waals surface area contributed by atoms with Gasteiger partial charge in [-0.1, -0.05) is 18.9 Å². The summed E-state index contributed by atoms with van der Waals surface area (Å²) in [6, 6.07) is 9.99. The monoisotopic (exact) mass is 1270 g/mol. The van der Waals surface area contributed by atoms with Crippen molar-refractivity contribution in [1.82, 2.24) is 31.2 Å². The summed E-state index contributed by atoms with van der Waals surface area (Å²) in [7, 11) is -7.41. The number of thiol groups is 1. The van der Waals surface area contributed by atoms with Gasteiger partial charge in [-0.25, -0.2) is 14.8 Å². The van der Waals surface area contributed by atoms with Crippen LogP contribution in [0.4, 0.5) is 11.6 Å². The first-order valence-corrected chi connectivity index (χ1v) is 32.2. The molecule has 6 aliphatic rings. The first kappa shape index (κ1) is 64.8. The number of carboxylic acid groups (broad SMARTS) is 1. The minimum Gasteiger partial charge on any atom is -0.490 e. The number of carbonyl (C=O) groups is 4. The molecular weight excluding hydrogens is 1200 g/mol. The third kappa shape index (κ3) is 15.6. The third-order valence-electron chi connectivity index (χ3n) is 15.5. The summed E-state index contributed by atoms with van der Waals surface area (Å²) in [4.78, 5) is 68.4. The molecule has 1 fully saturated rings. The van der Waals surface area contributed by atoms with Gasteiger partial charge in [-0.3, -0.25) is 33.8 Å². The highest BCUT2D eigenvalue weighted by atomic mass is 32.2. The molecule has 3 aromatic rings. The van der Waals surface area contributed by atoms with Crippen molar-refractivity contribution < 1.29 is 73.9 Å². The number of piperidine rings is 1. The molecule has 0 spiro atoms. The lowest BCUT2D eigenvalue weighted by molar-refractivity contribution is -0.125. The maximum Gasteiger partial charge on any atom is 0.336 e. The molecule has 4 aliphatic heterocycles. The first-order chi connectivity index (χ1) is 41.6. The molecule has 0 bridgehead atoms. The Balaban J connectivity index is 0.817. The van der Waals surface area contributed by atoms with Crippen LogP contribution in [0.3, 0.4) is 0 Å². The van der Waals surface area contributed by atoms with Crippen molar-refractivity contribution in [2.45, 2.75) is 95.4 Å². The van der Waals surface area contributed by atoms with E-state index in [9.17, 15) is 50.2 Å². The summed E-state index contributed by atoms with van der Waals surface area (Å²) in [5.74, 6) is -0.643. The zero-order valence-corrected chi connectivity index (χ0v) is 51.9. The summed E-state index contributed by atoms with van der Waals surface area (Å²) in [6.45, 7) is 9.70. The number of allylic oxidation sites excluding steroid dienone is 5. The van der Waals surface area contributed by atoms with E-state index in [2.05, 4.69) is 55.8 Å². The summed E-state index contributed by atoms with van der Waals surface area (Å²) in [6.07, 6.45) is 10.0. The summed E-state index contributed by atoms with van der Waals surface area (Å²) < 4.78 is 99.2. The number of hydrogen-bond donors (Lipinski definition) is 9. The molecule has 25 nitrogen and oxygen atoms in total. The van der Waals surface area contributed by atoms with Gasteiger partial charge in [0.2, 0.25) is 5.91 Å². The van der Waals surface area contributed by atoms with E-state index in [1.807, 2.05) is 31.7 Å². The summed E-state index contributed by atoms with van der Waals surface area (Å²) in [5, 5.41) is 23.0. The van der Waals surface area contributed by atoms with Crippen molar-refractivity contribution >= 4 is 79.3 Å². The molecule has 9 rings (SSSR count). The number of aromatic nitrogens is 2. The van der Waals surface area contributed by atoms with E-state index in [4.69, 9.17) is 34.4 Å². The number of ether oxygens (including phenoxy) is 5. The number of nitrogens with one attached hydrogen (secondary N) is 4. The molecule has 1 saturated heterocycles. The zero-order chi connectivity index (χ0) is 63.5. The Labute approximate surface area is 514 Å². The van der Waals surface area contributed by atoms with Gasteiger partial charge in [0.25, 0.3) is 32.1 Å². The molecule has 0 radical (unpaired) electrons. The van der Waals surface area contributed by atoms with Crippen LogP contribution in [0.25, 0.3) is 11.1 Å². The molecule has 3 amide bonds. The Morgan fingerprint density at radius 1 is 1.00 bits per heavy atom. The van der Waals surface area contributed by atoms with E-state index in [-0.39, 0.29) is 86.1 Å². The molecule has 88 heavy (non-hydrogen) atoms. The number of anilines is 2. The zero-order valence-electron chi connectivity index (χ0n) is 49.3. The Morgan fingerprint density at radius 2 is 1.76 bits per heavy atom. The SMILES string of the molecule is CCC(OC)N1CC(C#CNC(=O)COCCOC(S)COC2=CCCC(C(=O)NCCNC(=O)c3ccc(C(=O)O)c(C4=c5cc6c(cc5OC5=C4CC4C(=C5)NC(C)(C)CC4CS(=O)(=O)O)=NC(C)(C)C=C6CS(=O)(=O)O)c3)=C2)c2c(N)ncnc21. The number of amides is 3. The lowest BCUT2D eigenvalue weighted by Crippen LogP contribution is -2.51. The number of nitrogens with zero attached hydrogens (tertiary/aromatic N) is 4. The highest BCUT2D eigenvalue weighted by molar-refractivity contribution is 7.86. The smallest absolute Gasteiger partial charge is 0.336 e. The van der Waals surface area contributed by atoms with E-state index in [0.29, 0.717) is 99.5 Å². The summed E-state index contributed by atoms with van der Waals surface area (Å²) in [5.41, 5.74) is 6.99. The number of carboxylic acids is 1. The summed E-state index contributed by atoms with van der Waals surface area (Å²) >= 11 is 4.44. The van der Waals surface area contributed by atoms with Crippen LogP contribution in [-0.4, -0.2) is 152 Å². The van der Waals surface area contributed by atoms with Crippen molar-refractivity contribution in [2.24, 2.45) is 16.8 Å². The molecule has 2 aromatic carbocycles. The number of rotatable bonds is 23. The van der Waals surface area contributed by atoms with Gasteiger partial charge >= 0.3 is 5.97 Å². The van der Waals surface area contributed by atoms with E-state index in [0.717, 1.165) is 0 Å². The molecule has 0 saturated carbocycles. The van der Waals surface area contributed by atoms with Crippen molar-refractivity contribution in [3.05, 3.63) is 128 Å². The van der Waals surface area contributed by atoms with Crippen LogP contribution >= 0.6 is 12.6 Å². The van der Waals surface area contributed by atoms with E-state index in [1.54, 1.807) is 51.3 Å². The number of benzene rings is 2. The maximum atomic E-state index is 14.0. The van der Waals surface area contributed by atoms with Gasteiger partial charge in [0.1, 0.15) is 65.9 Å². The number of nitrogens with two attached hydrogens (primary N) is 1. The molecule has 1 aromatic heterocycles. The van der Waals surface area contributed by atoms with Crippen LogP contribution in [0, 0.1) is 23.8 Å². The number of methoxy groups -OCH3 is 1. The maximum absolute atomic E-state index is 14.0. The fourth-order valence-corrected chi connectivity index (χ4v) is 13.6. The normalized spacial score (nSPS) is 20.3. The lowest BCUT2D eigenvalue weighted by atomic mass is 9.70. The van der Waals surface area contributed by atoms with Gasteiger partial charge < -0.3 is 55.4 Å². The Bertz CT molecular complexity index is 3920. The van der Waals surface area contributed by atoms with Crippen molar-refractivity contribution in [2.75, 3.05) is 75.3 Å². The molecule has 28 heteroatoms. The number of carbonyl (C=O) groups excluding carboxylic acids is 3. The predicted octanol–water partition coefficient (Wildman–Crippen LogP) is 3.28. The Hall–Kier alpha value is -7.62.